The summed E-state index contributed by atoms with van der Waals surface area (Å²) in [7, 11) is 0. The number of rotatable bonds is 5. The van der Waals surface area contributed by atoms with Crippen molar-refractivity contribution in [3.63, 3.8) is 0 Å². The molecular weight excluding hydrogens is 324 g/mol. The number of halogens is 1. The molecule has 2 rings (SSSR count). The number of ether oxygens (including phenoxy) is 1. The molecule has 136 valence electrons. The average Bonchev–Trinajstić information content (AvgIpc) is 2.91. The van der Waals surface area contributed by atoms with Crippen LogP contribution in [-0.2, 0) is 10.2 Å². The Labute approximate surface area is 151 Å². The van der Waals surface area contributed by atoms with Gasteiger partial charge in [0.2, 0.25) is 5.91 Å². The summed E-state index contributed by atoms with van der Waals surface area (Å²) in [6, 6.07) is 8.34. The van der Waals surface area contributed by atoms with E-state index in [4.69, 9.17) is 10.5 Å². The standard InChI is InChI=1S/C19H30N2O2.ClH/c1-13(21-18(22)14-5-8-16(20)11-14)12-23-17-9-6-15(7-10-17)19(2,3)4;/h6-7,9-10,13-14,16H,5,8,11-12,20H2,1-4H3,(H,21,22);1H. The third-order valence-electron chi connectivity index (χ3n) is 4.45. The number of amides is 1. The molecule has 3 atom stereocenters. The van der Waals surface area contributed by atoms with Gasteiger partial charge in [-0.3, -0.25) is 4.79 Å². The van der Waals surface area contributed by atoms with Crippen LogP contribution >= 0.6 is 12.4 Å². The van der Waals surface area contributed by atoms with Crippen molar-refractivity contribution >= 4 is 18.3 Å². The number of carbonyl (C=O) groups excluding carboxylic acids is 1. The first-order valence-corrected chi connectivity index (χ1v) is 8.55. The van der Waals surface area contributed by atoms with E-state index in [1.165, 1.54) is 5.56 Å². The summed E-state index contributed by atoms with van der Waals surface area (Å²) >= 11 is 0. The predicted molar refractivity (Wildman–Crippen MR) is 101 cm³/mol. The molecule has 1 fully saturated rings. The molecule has 1 saturated carbocycles. The highest BCUT2D eigenvalue weighted by Crippen LogP contribution is 2.25. The van der Waals surface area contributed by atoms with Gasteiger partial charge in [-0.15, -0.1) is 12.4 Å². The first-order valence-electron chi connectivity index (χ1n) is 8.55. The molecule has 0 saturated heterocycles. The SMILES string of the molecule is CC(COc1ccc(C(C)(C)C)cc1)NC(=O)C1CCC(N)C1.Cl. The molecule has 1 aromatic carbocycles. The van der Waals surface area contributed by atoms with Crippen LogP contribution in [-0.4, -0.2) is 24.6 Å². The maximum absolute atomic E-state index is 12.1. The molecule has 3 unspecified atom stereocenters. The zero-order chi connectivity index (χ0) is 17.0. The van der Waals surface area contributed by atoms with E-state index in [1.54, 1.807) is 0 Å². The molecule has 0 aromatic heterocycles. The first kappa shape index (κ1) is 20.8. The minimum Gasteiger partial charge on any atom is -0.491 e. The van der Waals surface area contributed by atoms with Gasteiger partial charge >= 0.3 is 0 Å². The summed E-state index contributed by atoms with van der Waals surface area (Å²) in [6.07, 6.45) is 2.64. The van der Waals surface area contributed by atoms with Crippen LogP contribution in [0.4, 0.5) is 0 Å². The summed E-state index contributed by atoms with van der Waals surface area (Å²) in [6.45, 7) is 9.01. The fraction of sp³-hybridized carbons (Fsp3) is 0.632. The lowest BCUT2D eigenvalue weighted by molar-refractivity contribution is -0.125. The van der Waals surface area contributed by atoms with E-state index in [0.717, 1.165) is 25.0 Å². The third-order valence-corrected chi connectivity index (χ3v) is 4.45. The van der Waals surface area contributed by atoms with Crippen molar-refractivity contribution in [2.75, 3.05) is 6.61 Å². The monoisotopic (exact) mass is 354 g/mol. The second-order valence-corrected chi connectivity index (χ2v) is 7.77. The van der Waals surface area contributed by atoms with Gasteiger partial charge in [0.1, 0.15) is 12.4 Å². The lowest BCUT2D eigenvalue weighted by atomic mass is 9.87. The van der Waals surface area contributed by atoms with E-state index in [2.05, 4.69) is 38.2 Å². The molecule has 1 aliphatic carbocycles. The van der Waals surface area contributed by atoms with Crippen LogP contribution in [0.15, 0.2) is 24.3 Å². The van der Waals surface area contributed by atoms with Crippen LogP contribution in [0.1, 0.15) is 52.5 Å². The van der Waals surface area contributed by atoms with E-state index < -0.39 is 0 Å². The second-order valence-electron chi connectivity index (χ2n) is 7.77. The molecule has 5 heteroatoms. The van der Waals surface area contributed by atoms with Gasteiger partial charge in [-0.2, -0.15) is 0 Å². The number of hydrogen-bond donors (Lipinski definition) is 2. The highest BCUT2D eigenvalue weighted by Gasteiger charge is 2.28. The fourth-order valence-electron chi connectivity index (χ4n) is 2.93. The van der Waals surface area contributed by atoms with E-state index in [1.807, 2.05) is 19.1 Å². The van der Waals surface area contributed by atoms with Gasteiger partial charge in [0, 0.05) is 12.0 Å². The normalized spacial score (nSPS) is 21.7. The number of carbonyl (C=O) groups is 1. The molecule has 1 aromatic rings. The van der Waals surface area contributed by atoms with Crippen LogP contribution in [0.25, 0.3) is 0 Å². The van der Waals surface area contributed by atoms with Crippen molar-refractivity contribution in [2.24, 2.45) is 11.7 Å². The van der Waals surface area contributed by atoms with Crippen LogP contribution < -0.4 is 15.8 Å². The lowest BCUT2D eigenvalue weighted by Crippen LogP contribution is -2.40. The molecule has 0 bridgehead atoms. The summed E-state index contributed by atoms with van der Waals surface area (Å²) in [5, 5.41) is 3.03. The van der Waals surface area contributed by atoms with Gasteiger partial charge in [-0.1, -0.05) is 32.9 Å². The maximum atomic E-state index is 12.1. The van der Waals surface area contributed by atoms with Crippen molar-refractivity contribution in [2.45, 2.75) is 64.5 Å². The molecule has 1 aliphatic rings. The Balaban J connectivity index is 0.00000288. The summed E-state index contributed by atoms with van der Waals surface area (Å²) < 4.78 is 5.78. The van der Waals surface area contributed by atoms with Gasteiger partial charge in [0.25, 0.3) is 0 Å². The van der Waals surface area contributed by atoms with Gasteiger partial charge in [-0.05, 0) is 49.3 Å². The van der Waals surface area contributed by atoms with Crippen molar-refractivity contribution in [3.05, 3.63) is 29.8 Å². The average molecular weight is 355 g/mol. The highest BCUT2D eigenvalue weighted by atomic mass is 35.5. The van der Waals surface area contributed by atoms with Crippen LogP contribution in [0.2, 0.25) is 0 Å². The molecule has 0 heterocycles. The Kier molecular flexibility index (Phi) is 7.56. The van der Waals surface area contributed by atoms with Crippen molar-refractivity contribution in [3.8, 4) is 5.75 Å². The van der Waals surface area contributed by atoms with E-state index >= 15 is 0 Å². The molecule has 0 spiro atoms. The van der Waals surface area contributed by atoms with Crippen LogP contribution in [0.3, 0.4) is 0 Å². The summed E-state index contributed by atoms with van der Waals surface area (Å²) in [5.74, 6) is 1.01. The summed E-state index contributed by atoms with van der Waals surface area (Å²) in [5.41, 5.74) is 7.29. The largest absolute Gasteiger partial charge is 0.491 e. The van der Waals surface area contributed by atoms with Gasteiger partial charge in [0.05, 0.1) is 6.04 Å². The number of hydrogen-bond acceptors (Lipinski definition) is 3. The Morgan fingerprint density at radius 2 is 1.92 bits per heavy atom. The third kappa shape index (κ3) is 5.99. The van der Waals surface area contributed by atoms with Gasteiger partial charge < -0.3 is 15.8 Å². The molecule has 0 aliphatic heterocycles. The Morgan fingerprint density at radius 1 is 1.29 bits per heavy atom. The van der Waals surface area contributed by atoms with E-state index in [0.29, 0.717) is 6.61 Å². The smallest absolute Gasteiger partial charge is 0.223 e. The van der Waals surface area contributed by atoms with Crippen molar-refractivity contribution in [1.29, 1.82) is 0 Å². The van der Waals surface area contributed by atoms with Crippen LogP contribution in [0.5, 0.6) is 5.75 Å². The quantitative estimate of drug-likeness (QED) is 0.851. The molecular formula is C19H31ClN2O2. The molecule has 3 N–H and O–H groups in total. The van der Waals surface area contributed by atoms with Gasteiger partial charge in [-0.25, -0.2) is 0 Å². The topological polar surface area (TPSA) is 64.3 Å². The summed E-state index contributed by atoms with van der Waals surface area (Å²) in [4.78, 5) is 12.1. The Bertz CT molecular complexity index is 525. The first-order chi connectivity index (χ1) is 10.8. The Hall–Kier alpha value is -1.26. The second kappa shape index (κ2) is 8.72. The van der Waals surface area contributed by atoms with E-state index in [9.17, 15) is 4.79 Å². The van der Waals surface area contributed by atoms with Gasteiger partial charge in [0.15, 0.2) is 0 Å². The number of benzene rings is 1. The number of nitrogens with one attached hydrogen (secondary N) is 1. The maximum Gasteiger partial charge on any atom is 0.223 e. The molecule has 4 nitrogen and oxygen atoms in total. The Morgan fingerprint density at radius 3 is 2.42 bits per heavy atom. The zero-order valence-electron chi connectivity index (χ0n) is 15.2. The fourth-order valence-corrected chi connectivity index (χ4v) is 2.93. The predicted octanol–water partition coefficient (Wildman–Crippen LogP) is 3.42. The zero-order valence-corrected chi connectivity index (χ0v) is 16.0. The van der Waals surface area contributed by atoms with Crippen LogP contribution in [0, 0.1) is 5.92 Å². The molecule has 24 heavy (non-hydrogen) atoms. The lowest BCUT2D eigenvalue weighted by Gasteiger charge is -2.20. The highest BCUT2D eigenvalue weighted by molar-refractivity contribution is 5.85. The van der Waals surface area contributed by atoms with Crippen molar-refractivity contribution < 1.29 is 9.53 Å². The molecule has 1 amide bonds. The van der Waals surface area contributed by atoms with E-state index in [-0.39, 0.29) is 41.7 Å². The minimum absolute atomic E-state index is 0. The van der Waals surface area contributed by atoms with Crippen molar-refractivity contribution in [1.82, 2.24) is 5.32 Å². The minimum atomic E-state index is -0.0124. The molecule has 0 radical (unpaired) electrons. The number of nitrogens with two attached hydrogens (primary N) is 1.